The first-order valence-corrected chi connectivity index (χ1v) is 7.67. The van der Waals surface area contributed by atoms with E-state index in [1.807, 2.05) is 0 Å². The lowest BCUT2D eigenvalue weighted by Crippen LogP contribution is -2.46. The number of carbonyl (C=O) groups is 2. The first kappa shape index (κ1) is 15.5. The quantitative estimate of drug-likeness (QED) is 0.872. The van der Waals surface area contributed by atoms with Gasteiger partial charge in [0.25, 0.3) is 11.8 Å². The molecule has 0 aromatic carbocycles. The molecule has 120 valence electrons. The number of rotatable bonds is 3. The lowest BCUT2D eigenvalue weighted by Gasteiger charge is -2.18. The Labute approximate surface area is 134 Å². The van der Waals surface area contributed by atoms with Gasteiger partial charge in [-0.1, -0.05) is 12.6 Å². The molecule has 0 spiro atoms. The van der Waals surface area contributed by atoms with Crippen molar-refractivity contribution >= 4 is 33.4 Å². The molecule has 0 aliphatic carbocycles. The molecule has 1 unspecified atom stereocenters. The average Bonchev–Trinajstić information content (AvgIpc) is 3.07. The van der Waals surface area contributed by atoms with Crippen molar-refractivity contribution in [3.63, 3.8) is 0 Å². The van der Waals surface area contributed by atoms with E-state index in [0.717, 1.165) is 27.7 Å². The number of thiophene rings is 1. The number of likely N-dealkylation sites (tertiary alicyclic amines) is 1. The molecular weight excluding hydrogens is 324 g/mol. The summed E-state index contributed by atoms with van der Waals surface area (Å²) in [5.74, 6) is -4.35. The summed E-state index contributed by atoms with van der Waals surface area (Å²) in [6, 6.07) is 3.73. The summed E-state index contributed by atoms with van der Waals surface area (Å²) in [7, 11) is 0. The Balaban J connectivity index is 1.76. The van der Waals surface area contributed by atoms with Gasteiger partial charge >= 0.3 is 0 Å². The highest BCUT2D eigenvalue weighted by Crippen LogP contribution is 2.29. The number of hydrogen-bond donors (Lipinski definition) is 1. The van der Waals surface area contributed by atoms with Gasteiger partial charge in [-0.2, -0.15) is 0 Å². The van der Waals surface area contributed by atoms with Gasteiger partial charge in [-0.25, -0.2) is 13.8 Å². The highest BCUT2D eigenvalue weighted by molar-refractivity contribution is 7.20. The third-order valence-electron chi connectivity index (χ3n) is 3.62. The molecule has 0 bridgehead atoms. The van der Waals surface area contributed by atoms with Gasteiger partial charge in [0.2, 0.25) is 5.91 Å². The fraction of sp³-hybridized carbons (Fsp3) is 0.267. The SMILES string of the molecule is C=CC(=O)N1CC(NC(=O)c2cc3cccnc3s2)C(F)(F)C1. The minimum absolute atomic E-state index is 0.243. The highest BCUT2D eigenvalue weighted by Gasteiger charge is 2.50. The van der Waals surface area contributed by atoms with E-state index in [1.54, 1.807) is 24.4 Å². The van der Waals surface area contributed by atoms with Gasteiger partial charge in [-0.15, -0.1) is 11.3 Å². The molecule has 2 amide bonds. The molecule has 1 saturated heterocycles. The van der Waals surface area contributed by atoms with Crippen LogP contribution in [0.2, 0.25) is 0 Å². The van der Waals surface area contributed by atoms with Crippen molar-refractivity contribution in [2.75, 3.05) is 13.1 Å². The Morgan fingerprint density at radius 1 is 1.52 bits per heavy atom. The Morgan fingerprint density at radius 2 is 2.30 bits per heavy atom. The second-order valence-electron chi connectivity index (χ2n) is 5.22. The number of nitrogens with one attached hydrogen (secondary N) is 1. The van der Waals surface area contributed by atoms with Crippen LogP contribution >= 0.6 is 11.3 Å². The van der Waals surface area contributed by atoms with E-state index in [2.05, 4.69) is 16.9 Å². The summed E-state index contributed by atoms with van der Waals surface area (Å²) >= 11 is 1.14. The van der Waals surface area contributed by atoms with E-state index >= 15 is 0 Å². The zero-order chi connectivity index (χ0) is 16.6. The summed E-state index contributed by atoms with van der Waals surface area (Å²) in [5.41, 5.74) is 0. The first-order valence-electron chi connectivity index (χ1n) is 6.85. The Morgan fingerprint density at radius 3 is 3.00 bits per heavy atom. The fourth-order valence-electron chi connectivity index (χ4n) is 2.45. The average molecular weight is 337 g/mol. The van der Waals surface area contributed by atoms with E-state index in [-0.39, 0.29) is 6.54 Å². The van der Waals surface area contributed by atoms with Crippen LogP contribution in [0.3, 0.4) is 0 Å². The van der Waals surface area contributed by atoms with Crippen LogP contribution in [0.15, 0.2) is 37.1 Å². The standard InChI is InChI=1S/C15H13F2N3O2S/c1-2-12(21)20-7-11(15(16,17)8-20)19-13(22)10-6-9-4-3-5-18-14(9)23-10/h2-6,11H,1,7-8H2,(H,19,22). The minimum atomic E-state index is -3.18. The Hall–Kier alpha value is -2.35. The molecule has 1 atom stereocenters. The molecule has 0 saturated carbocycles. The summed E-state index contributed by atoms with van der Waals surface area (Å²) in [6.45, 7) is 2.31. The molecule has 5 nitrogen and oxygen atoms in total. The van der Waals surface area contributed by atoms with E-state index in [9.17, 15) is 18.4 Å². The molecule has 1 fully saturated rings. The topological polar surface area (TPSA) is 62.3 Å². The van der Waals surface area contributed by atoms with Crippen LogP contribution in [0.5, 0.6) is 0 Å². The molecular formula is C15H13F2N3O2S. The number of hydrogen-bond acceptors (Lipinski definition) is 4. The predicted molar refractivity (Wildman–Crippen MR) is 82.6 cm³/mol. The van der Waals surface area contributed by atoms with Gasteiger partial charge in [0, 0.05) is 18.1 Å². The largest absolute Gasteiger partial charge is 0.341 e. The van der Waals surface area contributed by atoms with Gasteiger partial charge in [0.05, 0.1) is 11.4 Å². The normalized spacial score (nSPS) is 19.7. The lowest BCUT2D eigenvalue weighted by atomic mass is 10.2. The molecule has 0 radical (unpaired) electrons. The molecule has 1 aliphatic rings. The zero-order valence-corrected chi connectivity index (χ0v) is 12.8. The summed E-state index contributed by atoms with van der Waals surface area (Å²) in [6.07, 6.45) is 2.59. The third-order valence-corrected chi connectivity index (χ3v) is 4.68. The molecule has 23 heavy (non-hydrogen) atoms. The van der Waals surface area contributed by atoms with Crippen molar-refractivity contribution < 1.29 is 18.4 Å². The maximum Gasteiger partial charge on any atom is 0.286 e. The third kappa shape index (κ3) is 2.94. The van der Waals surface area contributed by atoms with Crippen LogP contribution in [0.1, 0.15) is 9.67 Å². The van der Waals surface area contributed by atoms with E-state index in [0.29, 0.717) is 9.71 Å². The number of alkyl halides is 2. The number of halogens is 2. The van der Waals surface area contributed by atoms with Crippen LogP contribution < -0.4 is 5.32 Å². The number of fused-ring (bicyclic) bond motifs is 1. The molecule has 3 heterocycles. The van der Waals surface area contributed by atoms with E-state index in [4.69, 9.17) is 0 Å². The predicted octanol–water partition coefficient (Wildman–Crippen LogP) is 2.06. The van der Waals surface area contributed by atoms with Crippen molar-refractivity contribution in [1.29, 1.82) is 0 Å². The second-order valence-corrected chi connectivity index (χ2v) is 6.25. The maximum absolute atomic E-state index is 14.0. The summed E-state index contributed by atoms with van der Waals surface area (Å²) in [5, 5.41) is 3.10. The minimum Gasteiger partial charge on any atom is -0.341 e. The zero-order valence-electron chi connectivity index (χ0n) is 12.0. The van der Waals surface area contributed by atoms with Gasteiger partial charge in [0.15, 0.2) is 0 Å². The number of nitrogens with zero attached hydrogens (tertiary/aromatic N) is 2. The monoisotopic (exact) mass is 337 g/mol. The van der Waals surface area contributed by atoms with Crippen LogP contribution in [0.4, 0.5) is 8.78 Å². The van der Waals surface area contributed by atoms with E-state index in [1.165, 1.54) is 0 Å². The number of aromatic nitrogens is 1. The van der Waals surface area contributed by atoms with Crippen LogP contribution in [-0.4, -0.2) is 46.8 Å². The number of pyridine rings is 1. The van der Waals surface area contributed by atoms with Gasteiger partial charge in [0.1, 0.15) is 10.9 Å². The molecule has 2 aromatic rings. The van der Waals surface area contributed by atoms with Crippen molar-refractivity contribution in [2.24, 2.45) is 0 Å². The van der Waals surface area contributed by atoms with Crippen molar-refractivity contribution in [3.8, 4) is 0 Å². The van der Waals surface area contributed by atoms with Crippen molar-refractivity contribution in [3.05, 3.63) is 41.9 Å². The lowest BCUT2D eigenvalue weighted by molar-refractivity contribution is -0.126. The van der Waals surface area contributed by atoms with E-state index < -0.39 is 30.3 Å². The van der Waals surface area contributed by atoms with Gasteiger partial charge in [-0.3, -0.25) is 9.59 Å². The first-order chi connectivity index (χ1) is 10.9. The molecule has 3 rings (SSSR count). The molecule has 1 aliphatic heterocycles. The highest BCUT2D eigenvalue weighted by atomic mass is 32.1. The Kier molecular flexibility index (Phi) is 3.85. The van der Waals surface area contributed by atoms with Crippen LogP contribution in [-0.2, 0) is 4.79 Å². The van der Waals surface area contributed by atoms with Gasteiger partial charge in [-0.05, 0) is 18.2 Å². The fourth-order valence-corrected chi connectivity index (χ4v) is 3.35. The molecule has 1 N–H and O–H groups in total. The Bertz CT molecular complexity index is 757. The second kappa shape index (κ2) is 5.69. The van der Waals surface area contributed by atoms with Gasteiger partial charge < -0.3 is 10.2 Å². The van der Waals surface area contributed by atoms with Crippen LogP contribution in [0, 0.1) is 0 Å². The molecule has 2 aromatic heterocycles. The van der Waals surface area contributed by atoms with Crippen LogP contribution in [0.25, 0.3) is 10.2 Å². The number of carbonyl (C=O) groups excluding carboxylic acids is 2. The summed E-state index contributed by atoms with van der Waals surface area (Å²) in [4.78, 5) is 29.8. The maximum atomic E-state index is 14.0. The van der Waals surface area contributed by atoms with Crippen molar-refractivity contribution in [2.45, 2.75) is 12.0 Å². The van der Waals surface area contributed by atoms with Crippen molar-refractivity contribution in [1.82, 2.24) is 15.2 Å². The smallest absolute Gasteiger partial charge is 0.286 e. The number of amides is 2. The molecule has 8 heteroatoms. The summed E-state index contributed by atoms with van der Waals surface area (Å²) < 4.78 is 28.0.